The molecule has 1 saturated heterocycles. The van der Waals surface area contributed by atoms with E-state index in [1.807, 2.05) is 48.6 Å². The van der Waals surface area contributed by atoms with E-state index in [1.165, 1.54) is 11.3 Å². The molecule has 1 N–H and O–H groups in total. The van der Waals surface area contributed by atoms with Gasteiger partial charge in [0.05, 0.1) is 12.0 Å². The smallest absolute Gasteiger partial charge is 0.317 e. The minimum Gasteiger partial charge on any atom is -0.317 e. The molecule has 126 valence electrons. The van der Waals surface area contributed by atoms with Crippen LogP contribution in [0, 0.1) is 0 Å². The Morgan fingerprint density at radius 2 is 2.13 bits per heavy atom. The van der Waals surface area contributed by atoms with Gasteiger partial charge in [-0.3, -0.25) is 4.90 Å². The highest BCUT2D eigenvalue weighted by atomic mass is 32.1. The van der Waals surface area contributed by atoms with Crippen molar-refractivity contribution in [2.75, 3.05) is 20.6 Å². The molecular weight excluding hydrogens is 321 g/mol. The van der Waals surface area contributed by atoms with E-state index in [-0.39, 0.29) is 6.04 Å². The van der Waals surface area contributed by atoms with Gasteiger partial charge in [-0.05, 0) is 49.3 Å². The van der Waals surface area contributed by atoms with Crippen molar-refractivity contribution in [3.8, 4) is 0 Å². The van der Waals surface area contributed by atoms with Crippen molar-refractivity contribution in [1.82, 2.24) is 10.2 Å². The Bertz CT molecular complexity index is 682. The lowest BCUT2D eigenvalue weighted by atomic mass is 9.75. The summed E-state index contributed by atoms with van der Waals surface area (Å²) in [7, 11) is 3.66. The van der Waals surface area contributed by atoms with Crippen LogP contribution in [0.15, 0.2) is 29.6 Å². The third kappa shape index (κ3) is 3.12. The summed E-state index contributed by atoms with van der Waals surface area (Å²) in [5.74, 6) is 0. The minimum absolute atomic E-state index is 0.101. The fourth-order valence-corrected chi connectivity index (χ4v) is 4.79. The third-order valence-electron chi connectivity index (χ3n) is 5.01. The van der Waals surface area contributed by atoms with Crippen molar-refractivity contribution in [3.05, 3.63) is 35.2 Å². The van der Waals surface area contributed by atoms with Gasteiger partial charge in [-0.1, -0.05) is 18.2 Å². The maximum absolute atomic E-state index is 13.5. The van der Waals surface area contributed by atoms with Crippen LogP contribution < -0.4 is 5.32 Å². The van der Waals surface area contributed by atoms with Crippen molar-refractivity contribution in [2.45, 2.75) is 37.0 Å². The number of hydrogen-bond donors (Lipinski definition) is 1. The first kappa shape index (κ1) is 16.7. The molecule has 0 amide bonds. The van der Waals surface area contributed by atoms with Gasteiger partial charge < -0.3 is 5.32 Å². The van der Waals surface area contributed by atoms with Crippen molar-refractivity contribution in [2.24, 2.45) is 0 Å². The third-order valence-corrected chi connectivity index (χ3v) is 5.97. The van der Waals surface area contributed by atoms with Gasteiger partial charge in [0.25, 0.3) is 0 Å². The molecule has 6 heteroatoms. The van der Waals surface area contributed by atoms with Crippen molar-refractivity contribution >= 4 is 21.4 Å². The van der Waals surface area contributed by atoms with Gasteiger partial charge in [0.1, 0.15) is 0 Å². The molecule has 1 aliphatic rings. The lowest BCUT2D eigenvalue weighted by Crippen LogP contribution is -2.55. The molecule has 1 fully saturated rings. The summed E-state index contributed by atoms with van der Waals surface area (Å²) in [5.41, 5.74) is -0.195. The minimum atomic E-state index is -4.21. The number of hydrogen-bond acceptors (Lipinski definition) is 3. The second-order valence-electron chi connectivity index (χ2n) is 6.37. The maximum Gasteiger partial charge on any atom is 0.391 e. The van der Waals surface area contributed by atoms with E-state index in [0.717, 1.165) is 22.1 Å². The topological polar surface area (TPSA) is 15.3 Å². The first-order chi connectivity index (χ1) is 10.9. The Hall–Kier alpha value is -1.11. The van der Waals surface area contributed by atoms with Gasteiger partial charge in [0, 0.05) is 17.3 Å². The zero-order valence-electron chi connectivity index (χ0n) is 13.3. The van der Waals surface area contributed by atoms with E-state index in [4.69, 9.17) is 0 Å². The predicted molar refractivity (Wildman–Crippen MR) is 88.9 cm³/mol. The summed E-state index contributed by atoms with van der Waals surface area (Å²) >= 11 is 1.53. The Morgan fingerprint density at radius 1 is 1.35 bits per heavy atom. The Labute approximate surface area is 138 Å². The van der Waals surface area contributed by atoms with Crippen molar-refractivity contribution in [1.29, 1.82) is 0 Å². The van der Waals surface area contributed by atoms with Crippen LogP contribution in [0.5, 0.6) is 0 Å². The standard InChI is InChI=1S/C17H21F3N2S/c1-21-13-6-8-22(2)16(10-13,11-17(18,19)20)14-5-3-4-12-7-9-23-15(12)14/h3-5,7,9,13,21H,6,8,10-11H2,1-2H3. The van der Waals surface area contributed by atoms with Crippen molar-refractivity contribution in [3.63, 3.8) is 0 Å². The predicted octanol–water partition coefficient (Wildman–Crippen LogP) is 4.36. The molecular formula is C17H21F3N2S. The second-order valence-corrected chi connectivity index (χ2v) is 7.28. The molecule has 0 radical (unpaired) electrons. The number of likely N-dealkylation sites (tertiary alicyclic amines) is 1. The van der Waals surface area contributed by atoms with Crippen LogP contribution in [0.1, 0.15) is 24.8 Å². The second kappa shape index (κ2) is 6.07. The van der Waals surface area contributed by atoms with Crippen LogP contribution in [0.25, 0.3) is 10.1 Å². The fourth-order valence-electron chi connectivity index (χ4n) is 3.78. The lowest BCUT2D eigenvalue weighted by molar-refractivity contribution is -0.169. The van der Waals surface area contributed by atoms with Gasteiger partial charge in [-0.25, -0.2) is 0 Å². The van der Waals surface area contributed by atoms with E-state index < -0.39 is 18.1 Å². The maximum atomic E-state index is 13.5. The molecule has 2 aromatic rings. The summed E-state index contributed by atoms with van der Waals surface area (Å²) in [4.78, 5) is 1.91. The van der Waals surface area contributed by atoms with Gasteiger partial charge in [0.2, 0.25) is 0 Å². The lowest BCUT2D eigenvalue weighted by Gasteiger charge is -2.49. The SMILES string of the molecule is CNC1CCN(C)C(CC(F)(F)F)(c2cccc3ccsc23)C1. The number of alkyl halides is 3. The molecule has 0 spiro atoms. The largest absolute Gasteiger partial charge is 0.391 e. The molecule has 2 heterocycles. The summed E-state index contributed by atoms with van der Waals surface area (Å²) in [6, 6.07) is 7.79. The Morgan fingerprint density at radius 3 is 2.83 bits per heavy atom. The van der Waals surface area contributed by atoms with Crippen LogP contribution in [-0.2, 0) is 5.54 Å². The van der Waals surface area contributed by atoms with Crippen LogP contribution >= 0.6 is 11.3 Å². The highest BCUT2D eigenvalue weighted by Crippen LogP contribution is 2.47. The van der Waals surface area contributed by atoms with Crippen LogP contribution in [0.4, 0.5) is 13.2 Å². The van der Waals surface area contributed by atoms with Crippen LogP contribution in [-0.4, -0.2) is 37.8 Å². The van der Waals surface area contributed by atoms with E-state index in [0.29, 0.717) is 13.0 Å². The van der Waals surface area contributed by atoms with Crippen LogP contribution in [0.3, 0.4) is 0 Å². The summed E-state index contributed by atoms with van der Waals surface area (Å²) in [5, 5.41) is 6.16. The summed E-state index contributed by atoms with van der Waals surface area (Å²) in [6.07, 6.45) is -3.68. The molecule has 1 aliphatic heterocycles. The molecule has 0 aliphatic carbocycles. The molecule has 0 bridgehead atoms. The molecule has 3 rings (SSSR count). The average Bonchev–Trinajstić information content (AvgIpc) is 2.96. The first-order valence-corrected chi connectivity index (χ1v) is 8.66. The molecule has 23 heavy (non-hydrogen) atoms. The zero-order chi connectivity index (χ0) is 16.7. The molecule has 1 aromatic heterocycles. The first-order valence-electron chi connectivity index (χ1n) is 7.78. The van der Waals surface area contributed by atoms with Crippen molar-refractivity contribution < 1.29 is 13.2 Å². The molecule has 2 atom stereocenters. The van der Waals surface area contributed by atoms with E-state index in [9.17, 15) is 13.2 Å². The zero-order valence-corrected chi connectivity index (χ0v) is 14.1. The highest BCUT2D eigenvalue weighted by molar-refractivity contribution is 7.17. The van der Waals surface area contributed by atoms with Gasteiger partial charge in [-0.2, -0.15) is 13.2 Å². The fraction of sp³-hybridized carbons (Fsp3) is 0.529. The number of rotatable bonds is 3. The number of nitrogens with zero attached hydrogens (tertiary/aromatic N) is 1. The number of benzene rings is 1. The van der Waals surface area contributed by atoms with E-state index >= 15 is 0 Å². The molecule has 1 aromatic carbocycles. The number of piperidine rings is 1. The molecule has 2 nitrogen and oxygen atoms in total. The molecule has 2 unspecified atom stereocenters. The van der Waals surface area contributed by atoms with E-state index in [1.54, 1.807) is 0 Å². The Kier molecular flexibility index (Phi) is 4.42. The number of halogens is 3. The van der Waals surface area contributed by atoms with Crippen LogP contribution in [0.2, 0.25) is 0 Å². The number of fused-ring (bicyclic) bond motifs is 1. The Balaban J connectivity index is 2.16. The summed E-state index contributed by atoms with van der Waals surface area (Å²) in [6.45, 7) is 0.656. The van der Waals surface area contributed by atoms with Gasteiger partial charge in [0.15, 0.2) is 0 Å². The normalized spacial score (nSPS) is 26.7. The monoisotopic (exact) mass is 342 g/mol. The van der Waals surface area contributed by atoms with E-state index in [2.05, 4.69) is 5.32 Å². The highest BCUT2D eigenvalue weighted by Gasteiger charge is 2.49. The van der Waals surface area contributed by atoms with Gasteiger partial charge >= 0.3 is 6.18 Å². The van der Waals surface area contributed by atoms with Gasteiger partial charge in [-0.15, -0.1) is 11.3 Å². The molecule has 0 saturated carbocycles. The summed E-state index contributed by atoms with van der Waals surface area (Å²) < 4.78 is 41.3. The number of nitrogens with one attached hydrogen (secondary N) is 1. The number of thiophene rings is 1. The quantitative estimate of drug-likeness (QED) is 0.891. The average molecular weight is 342 g/mol.